The Hall–Kier alpha value is -0.650. The van der Waals surface area contributed by atoms with Crippen LogP contribution in [-0.2, 0) is 4.79 Å². The van der Waals surface area contributed by atoms with Crippen molar-refractivity contribution in [2.45, 2.75) is 56.1 Å². The van der Waals surface area contributed by atoms with E-state index in [4.69, 9.17) is 5.73 Å². The minimum Gasteiger partial charge on any atom is -0.368 e. The van der Waals surface area contributed by atoms with Gasteiger partial charge in [0.05, 0.1) is 6.04 Å². The van der Waals surface area contributed by atoms with Crippen molar-refractivity contribution in [3.8, 4) is 0 Å². The van der Waals surface area contributed by atoms with Crippen LogP contribution in [0.4, 0.5) is 0 Å². The quantitative estimate of drug-likeness (QED) is 0.642. The highest BCUT2D eigenvalue weighted by Gasteiger charge is 2.39. The number of nitrogens with one attached hydrogen (secondary N) is 1. The fourth-order valence-electron chi connectivity index (χ4n) is 3.10. The molecule has 2 rings (SSSR count). The van der Waals surface area contributed by atoms with Crippen LogP contribution in [0, 0.1) is 0 Å². The van der Waals surface area contributed by atoms with Gasteiger partial charge in [0.2, 0.25) is 5.91 Å². The molecule has 0 heterocycles. The fraction of sp³-hybridized carbons (Fsp3) is 0.933. The summed E-state index contributed by atoms with van der Waals surface area (Å²) in [5.41, 5.74) is 5.83. The fourth-order valence-corrected chi connectivity index (χ4v) is 3.10. The van der Waals surface area contributed by atoms with Gasteiger partial charge in [0.25, 0.3) is 0 Å². The molecule has 0 bridgehead atoms. The van der Waals surface area contributed by atoms with Crippen LogP contribution in [0.3, 0.4) is 0 Å². The molecule has 5 heteroatoms. The van der Waals surface area contributed by atoms with Gasteiger partial charge in [0.1, 0.15) is 0 Å². The van der Waals surface area contributed by atoms with Crippen LogP contribution in [0.1, 0.15) is 38.5 Å². The molecule has 0 aromatic carbocycles. The lowest BCUT2D eigenvalue weighted by Gasteiger charge is -2.49. The molecule has 0 aliphatic heterocycles. The first-order chi connectivity index (χ1) is 9.43. The van der Waals surface area contributed by atoms with E-state index in [9.17, 15) is 4.79 Å². The summed E-state index contributed by atoms with van der Waals surface area (Å²) in [7, 11) is 6.50. The van der Waals surface area contributed by atoms with E-state index in [1.807, 2.05) is 0 Å². The summed E-state index contributed by atoms with van der Waals surface area (Å²) in [6.45, 7) is 2.00. The molecular formula is C15H30N4O. The number of carbonyl (C=O) groups is 1. The van der Waals surface area contributed by atoms with Gasteiger partial charge < -0.3 is 20.9 Å². The highest BCUT2D eigenvalue weighted by atomic mass is 16.1. The number of rotatable bonds is 9. The lowest BCUT2D eigenvalue weighted by molar-refractivity contribution is -0.120. The number of hydrogen-bond acceptors (Lipinski definition) is 4. The van der Waals surface area contributed by atoms with Crippen LogP contribution >= 0.6 is 0 Å². The van der Waals surface area contributed by atoms with E-state index in [0.29, 0.717) is 11.6 Å². The van der Waals surface area contributed by atoms with Gasteiger partial charge >= 0.3 is 0 Å². The molecule has 0 radical (unpaired) electrons. The average molecular weight is 282 g/mol. The summed E-state index contributed by atoms with van der Waals surface area (Å²) in [6, 6.07) is 0.360. The van der Waals surface area contributed by atoms with Crippen LogP contribution in [0.5, 0.6) is 0 Å². The lowest BCUT2D eigenvalue weighted by atomic mass is 9.75. The summed E-state index contributed by atoms with van der Waals surface area (Å²) in [6.07, 6.45) is 7.07. The topological polar surface area (TPSA) is 61.6 Å². The maximum absolute atomic E-state index is 11.5. The zero-order valence-electron chi connectivity index (χ0n) is 13.2. The van der Waals surface area contributed by atoms with Gasteiger partial charge in [-0.3, -0.25) is 4.79 Å². The third-order valence-corrected chi connectivity index (χ3v) is 4.95. The van der Waals surface area contributed by atoms with E-state index in [1.165, 1.54) is 32.1 Å². The molecule has 116 valence electrons. The third-order valence-electron chi connectivity index (χ3n) is 4.95. The zero-order chi connectivity index (χ0) is 14.8. The smallest absolute Gasteiger partial charge is 0.234 e. The summed E-state index contributed by atoms with van der Waals surface area (Å²) >= 11 is 0. The largest absolute Gasteiger partial charge is 0.368 e. The molecule has 5 nitrogen and oxygen atoms in total. The van der Waals surface area contributed by atoms with Crippen LogP contribution in [0.15, 0.2) is 0 Å². The zero-order valence-corrected chi connectivity index (χ0v) is 13.2. The monoisotopic (exact) mass is 282 g/mol. The van der Waals surface area contributed by atoms with Gasteiger partial charge in [-0.1, -0.05) is 0 Å². The average Bonchev–Trinajstić information content (AvgIpc) is 3.12. The highest BCUT2D eigenvalue weighted by Crippen LogP contribution is 2.36. The summed E-state index contributed by atoms with van der Waals surface area (Å²) in [5.74, 6) is -0.212. The van der Waals surface area contributed by atoms with Gasteiger partial charge in [-0.2, -0.15) is 0 Å². The Kier molecular flexibility index (Phi) is 5.04. The predicted octanol–water partition coefficient (Wildman–Crippen LogP) is 0.399. The highest BCUT2D eigenvalue weighted by molar-refractivity contribution is 5.79. The maximum Gasteiger partial charge on any atom is 0.234 e. The molecule has 2 fully saturated rings. The first kappa shape index (κ1) is 15.7. The first-order valence-electron chi connectivity index (χ1n) is 7.84. The number of primary amides is 1. The summed E-state index contributed by atoms with van der Waals surface area (Å²) in [5, 5.41) is 3.35. The SMILES string of the molecule is CN(CCC(NC1CC1)C(N)=O)CC1(N(C)C)CCC1. The van der Waals surface area contributed by atoms with Crippen molar-refractivity contribution in [1.29, 1.82) is 0 Å². The van der Waals surface area contributed by atoms with E-state index in [-0.39, 0.29) is 11.9 Å². The molecule has 0 saturated heterocycles. The van der Waals surface area contributed by atoms with Crippen LogP contribution in [0.25, 0.3) is 0 Å². The van der Waals surface area contributed by atoms with Crippen molar-refractivity contribution >= 4 is 5.91 Å². The number of nitrogens with zero attached hydrogens (tertiary/aromatic N) is 2. The second kappa shape index (κ2) is 6.41. The second-order valence-electron chi connectivity index (χ2n) is 6.89. The molecule has 2 aliphatic rings. The predicted molar refractivity (Wildman–Crippen MR) is 81.5 cm³/mol. The Bertz CT molecular complexity index is 337. The normalized spacial score (nSPS) is 22.9. The Morgan fingerprint density at radius 1 is 1.35 bits per heavy atom. The molecular weight excluding hydrogens is 252 g/mol. The van der Waals surface area contributed by atoms with Gasteiger partial charge in [-0.05, 0) is 66.2 Å². The Morgan fingerprint density at radius 2 is 2.00 bits per heavy atom. The Morgan fingerprint density at radius 3 is 2.40 bits per heavy atom. The van der Waals surface area contributed by atoms with Crippen molar-refractivity contribution in [3.05, 3.63) is 0 Å². The second-order valence-corrected chi connectivity index (χ2v) is 6.89. The van der Waals surface area contributed by atoms with Crippen LogP contribution in [-0.4, -0.2) is 67.6 Å². The number of amides is 1. The van der Waals surface area contributed by atoms with E-state index < -0.39 is 0 Å². The van der Waals surface area contributed by atoms with E-state index in [1.54, 1.807) is 0 Å². The van der Waals surface area contributed by atoms with Gasteiger partial charge in [0, 0.05) is 18.1 Å². The number of likely N-dealkylation sites (N-methyl/N-ethyl adjacent to an activating group) is 2. The molecule has 1 atom stereocenters. The Balaban J connectivity index is 1.75. The van der Waals surface area contributed by atoms with E-state index in [2.05, 4.69) is 36.3 Å². The number of nitrogens with two attached hydrogens (primary N) is 1. The van der Waals surface area contributed by atoms with Gasteiger partial charge in [-0.25, -0.2) is 0 Å². The van der Waals surface area contributed by atoms with Gasteiger partial charge in [0.15, 0.2) is 0 Å². The summed E-state index contributed by atoms with van der Waals surface area (Å²) < 4.78 is 0. The van der Waals surface area contributed by atoms with Gasteiger partial charge in [-0.15, -0.1) is 0 Å². The molecule has 1 unspecified atom stereocenters. The van der Waals surface area contributed by atoms with E-state index >= 15 is 0 Å². The van der Waals surface area contributed by atoms with Crippen molar-refractivity contribution < 1.29 is 4.79 Å². The molecule has 20 heavy (non-hydrogen) atoms. The third kappa shape index (κ3) is 3.93. The molecule has 3 N–H and O–H groups in total. The Labute approximate surface area is 122 Å². The summed E-state index contributed by atoms with van der Waals surface area (Å²) in [4.78, 5) is 16.2. The van der Waals surface area contributed by atoms with Crippen molar-refractivity contribution in [1.82, 2.24) is 15.1 Å². The molecule has 2 saturated carbocycles. The standard InChI is InChI=1S/C15H30N4O/c1-18(2)15(8-4-9-15)11-19(3)10-7-13(14(16)20)17-12-5-6-12/h12-13,17H,4-11H2,1-3H3,(H2,16,20). The van der Waals surface area contributed by atoms with Crippen molar-refractivity contribution in [3.63, 3.8) is 0 Å². The molecule has 0 aromatic heterocycles. The maximum atomic E-state index is 11.5. The molecule has 0 aromatic rings. The number of carbonyl (C=O) groups excluding carboxylic acids is 1. The molecule has 2 aliphatic carbocycles. The lowest BCUT2D eigenvalue weighted by Crippen LogP contribution is -2.57. The first-order valence-corrected chi connectivity index (χ1v) is 7.84. The minimum atomic E-state index is -0.212. The van der Waals surface area contributed by atoms with E-state index in [0.717, 1.165) is 19.5 Å². The van der Waals surface area contributed by atoms with Crippen LogP contribution in [0.2, 0.25) is 0 Å². The van der Waals surface area contributed by atoms with Crippen molar-refractivity contribution in [2.24, 2.45) is 5.73 Å². The molecule has 0 spiro atoms. The van der Waals surface area contributed by atoms with Crippen molar-refractivity contribution in [2.75, 3.05) is 34.2 Å². The number of hydrogen-bond donors (Lipinski definition) is 2. The minimum absolute atomic E-state index is 0.165. The molecule has 1 amide bonds. The van der Waals surface area contributed by atoms with Crippen LogP contribution < -0.4 is 11.1 Å².